The van der Waals surface area contributed by atoms with Crippen LogP contribution in [-0.2, 0) is 6.42 Å². The van der Waals surface area contributed by atoms with Crippen molar-refractivity contribution in [3.8, 4) is 34.3 Å². The molecular weight excluding hydrogens is 368 g/mol. The topological polar surface area (TPSA) is 89.1 Å². The first-order chi connectivity index (χ1) is 13.1. The van der Waals surface area contributed by atoms with Crippen LogP contribution in [0.1, 0.15) is 16.1 Å². The van der Waals surface area contributed by atoms with Crippen LogP contribution < -0.4 is 14.8 Å². The number of methoxy groups -OCH3 is 2. The highest BCUT2D eigenvalue weighted by Gasteiger charge is 2.21. The lowest BCUT2D eigenvalue weighted by Gasteiger charge is -2.12. The Bertz CT molecular complexity index is 1030. The Labute approximate surface area is 160 Å². The summed E-state index contributed by atoms with van der Waals surface area (Å²) >= 11 is 6.48. The maximum atomic E-state index is 12.0. The number of amides is 1. The SMILES string of the molecule is COc1ccc(-c2nccc(-c3cc4c([nH]3)CCNC4=O)n2)c(Cl)c1OC. The standard InChI is InChI=1S/C19H17ClN4O3/c1-26-15-4-3-10(16(20)17(15)27-2)18-21-7-6-13(24-18)14-9-11-12(23-14)5-8-22-19(11)25/h3-4,6-7,9,23H,5,8H2,1-2H3,(H,22,25). The van der Waals surface area contributed by atoms with Gasteiger partial charge in [-0.25, -0.2) is 9.97 Å². The summed E-state index contributed by atoms with van der Waals surface area (Å²) < 4.78 is 10.6. The van der Waals surface area contributed by atoms with E-state index in [2.05, 4.69) is 20.3 Å². The van der Waals surface area contributed by atoms with Crippen molar-refractivity contribution in [1.29, 1.82) is 0 Å². The van der Waals surface area contributed by atoms with Gasteiger partial charge >= 0.3 is 0 Å². The molecule has 0 spiro atoms. The Hall–Kier alpha value is -3.06. The van der Waals surface area contributed by atoms with Crippen molar-refractivity contribution < 1.29 is 14.3 Å². The third-order valence-electron chi connectivity index (χ3n) is 4.46. The normalized spacial score (nSPS) is 13.1. The summed E-state index contributed by atoms with van der Waals surface area (Å²) in [5.41, 5.74) is 3.63. The lowest BCUT2D eigenvalue weighted by Crippen LogP contribution is -2.31. The molecule has 2 N–H and O–H groups in total. The molecule has 1 aliphatic heterocycles. The van der Waals surface area contributed by atoms with Gasteiger partial charge in [-0.1, -0.05) is 11.6 Å². The van der Waals surface area contributed by atoms with E-state index in [0.29, 0.717) is 45.7 Å². The van der Waals surface area contributed by atoms with E-state index in [1.165, 1.54) is 7.11 Å². The van der Waals surface area contributed by atoms with Crippen LogP contribution in [0, 0.1) is 0 Å². The number of ether oxygens (including phenoxy) is 2. The van der Waals surface area contributed by atoms with Gasteiger partial charge in [0.05, 0.1) is 36.2 Å². The van der Waals surface area contributed by atoms with Crippen molar-refractivity contribution >= 4 is 17.5 Å². The van der Waals surface area contributed by atoms with Crippen molar-refractivity contribution in [2.45, 2.75) is 6.42 Å². The first-order valence-electron chi connectivity index (χ1n) is 8.36. The summed E-state index contributed by atoms with van der Waals surface area (Å²) in [6, 6.07) is 7.14. The molecule has 0 aliphatic carbocycles. The molecule has 2 aromatic heterocycles. The fourth-order valence-electron chi connectivity index (χ4n) is 3.13. The summed E-state index contributed by atoms with van der Waals surface area (Å²) in [5.74, 6) is 1.34. The smallest absolute Gasteiger partial charge is 0.253 e. The van der Waals surface area contributed by atoms with E-state index >= 15 is 0 Å². The van der Waals surface area contributed by atoms with E-state index in [0.717, 1.165) is 17.8 Å². The van der Waals surface area contributed by atoms with Crippen LogP contribution in [0.4, 0.5) is 0 Å². The summed E-state index contributed by atoms with van der Waals surface area (Å²) in [6.07, 6.45) is 2.42. The Morgan fingerprint density at radius 3 is 2.74 bits per heavy atom. The predicted octanol–water partition coefficient (Wildman–Crippen LogP) is 3.10. The van der Waals surface area contributed by atoms with Crippen molar-refractivity contribution in [3.63, 3.8) is 0 Å². The van der Waals surface area contributed by atoms with Crippen molar-refractivity contribution in [1.82, 2.24) is 20.3 Å². The monoisotopic (exact) mass is 384 g/mol. The molecule has 0 saturated carbocycles. The predicted molar refractivity (Wildman–Crippen MR) is 101 cm³/mol. The fourth-order valence-corrected chi connectivity index (χ4v) is 3.45. The third-order valence-corrected chi connectivity index (χ3v) is 4.84. The molecule has 1 aromatic carbocycles. The maximum Gasteiger partial charge on any atom is 0.253 e. The second-order valence-corrected chi connectivity index (χ2v) is 6.39. The zero-order chi connectivity index (χ0) is 19.0. The van der Waals surface area contributed by atoms with Crippen molar-refractivity contribution in [2.24, 2.45) is 0 Å². The van der Waals surface area contributed by atoms with Gasteiger partial charge < -0.3 is 19.8 Å². The lowest BCUT2D eigenvalue weighted by molar-refractivity contribution is 0.0946. The van der Waals surface area contributed by atoms with Crippen molar-refractivity contribution in [2.75, 3.05) is 20.8 Å². The Kier molecular flexibility index (Phi) is 4.45. The number of fused-ring (bicyclic) bond motifs is 1. The molecule has 3 aromatic rings. The number of rotatable bonds is 4. The van der Waals surface area contributed by atoms with Gasteiger partial charge in [-0.3, -0.25) is 4.79 Å². The average molecular weight is 385 g/mol. The second kappa shape index (κ2) is 6.92. The van der Waals surface area contributed by atoms with Crippen molar-refractivity contribution in [3.05, 3.63) is 46.7 Å². The van der Waals surface area contributed by atoms with Gasteiger partial charge in [0.2, 0.25) is 0 Å². The number of H-pyrrole nitrogens is 1. The van der Waals surface area contributed by atoms with Crippen LogP contribution >= 0.6 is 11.6 Å². The molecule has 0 atom stereocenters. The quantitative estimate of drug-likeness (QED) is 0.721. The molecule has 0 saturated heterocycles. The number of aromatic nitrogens is 3. The average Bonchev–Trinajstić information content (AvgIpc) is 3.13. The summed E-state index contributed by atoms with van der Waals surface area (Å²) in [5, 5.41) is 3.21. The maximum absolute atomic E-state index is 12.0. The van der Waals surface area contributed by atoms with Crippen LogP contribution in [0.5, 0.6) is 11.5 Å². The van der Waals surface area contributed by atoms with E-state index in [4.69, 9.17) is 21.1 Å². The van der Waals surface area contributed by atoms with Crippen LogP contribution in [0.15, 0.2) is 30.5 Å². The summed E-state index contributed by atoms with van der Waals surface area (Å²) in [6.45, 7) is 0.627. The first kappa shape index (κ1) is 17.4. The number of nitrogens with zero attached hydrogens (tertiary/aromatic N) is 2. The van der Waals surface area contributed by atoms with Gasteiger partial charge in [-0.2, -0.15) is 0 Å². The van der Waals surface area contributed by atoms with Crippen LogP contribution in [0.3, 0.4) is 0 Å². The molecule has 1 amide bonds. The molecule has 1 aliphatic rings. The first-order valence-corrected chi connectivity index (χ1v) is 8.74. The zero-order valence-corrected chi connectivity index (χ0v) is 15.6. The molecule has 7 nitrogen and oxygen atoms in total. The summed E-state index contributed by atoms with van der Waals surface area (Å²) in [4.78, 5) is 24.2. The van der Waals surface area contributed by atoms with Crippen LogP contribution in [-0.4, -0.2) is 41.6 Å². The van der Waals surface area contributed by atoms with Crippen LogP contribution in [0.2, 0.25) is 5.02 Å². The fraction of sp³-hybridized carbons (Fsp3) is 0.211. The van der Waals surface area contributed by atoms with E-state index in [9.17, 15) is 4.79 Å². The number of aromatic amines is 1. The number of halogens is 1. The van der Waals surface area contributed by atoms with Gasteiger partial charge in [0.1, 0.15) is 0 Å². The molecule has 0 bridgehead atoms. The Morgan fingerprint density at radius 2 is 2.00 bits per heavy atom. The number of hydrogen-bond acceptors (Lipinski definition) is 5. The van der Waals surface area contributed by atoms with Gasteiger partial charge in [0, 0.05) is 30.4 Å². The molecule has 4 rings (SSSR count). The number of carbonyl (C=O) groups is 1. The molecule has 3 heterocycles. The third kappa shape index (κ3) is 3.00. The van der Waals surface area contributed by atoms with E-state index in [1.807, 2.05) is 6.07 Å². The van der Waals surface area contributed by atoms with Crippen LogP contribution in [0.25, 0.3) is 22.8 Å². The van der Waals surface area contributed by atoms with E-state index < -0.39 is 0 Å². The number of nitrogens with one attached hydrogen (secondary N) is 2. The molecule has 0 fully saturated rings. The lowest BCUT2D eigenvalue weighted by atomic mass is 10.1. The molecule has 0 radical (unpaired) electrons. The zero-order valence-electron chi connectivity index (χ0n) is 14.8. The van der Waals surface area contributed by atoms with E-state index in [-0.39, 0.29) is 5.91 Å². The Balaban J connectivity index is 1.77. The van der Waals surface area contributed by atoms with Gasteiger partial charge in [0.25, 0.3) is 5.91 Å². The highest BCUT2D eigenvalue weighted by molar-refractivity contribution is 6.35. The molecule has 0 unspecified atom stereocenters. The molecular formula is C19H17ClN4O3. The minimum atomic E-state index is -0.0732. The highest BCUT2D eigenvalue weighted by Crippen LogP contribution is 2.41. The van der Waals surface area contributed by atoms with Gasteiger partial charge in [-0.05, 0) is 24.3 Å². The Morgan fingerprint density at radius 1 is 1.15 bits per heavy atom. The number of hydrogen-bond donors (Lipinski definition) is 2. The molecule has 138 valence electrons. The largest absolute Gasteiger partial charge is 0.493 e. The van der Waals surface area contributed by atoms with Gasteiger partial charge in [0.15, 0.2) is 17.3 Å². The second-order valence-electron chi connectivity index (χ2n) is 6.01. The van der Waals surface area contributed by atoms with E-state index in [1.54, 1.807) is 31.5 Å². The molecule has 27 heavy (non-hydrogen) atoms. The minimum absolute atomic E-state index is 0.0732. The van der Waals surface area contributed by atoms with Gasteiger partial charge in [-0.15, -0.1) is 0 Å². The minimum Gasteiger partial charge on any atom is -0.493 e. The molecule has 8 heteroatoms. The number of carbonyl (C=O) groups excluding carboxylic acids is 1. The summed E-state index contributed by atoms with van der Waals surface area (Å²) in [7, 11) is 3.08. The highest BCUT2D eigenvalue weighted by atomic mass is 35.5. The number of benzene rings is 1.